The van der Waals surface area contributed by atoms with Crippen LogP contribution in [0.4, 0.5) is 0 Å². The van der Waals surface area contributed by atoms with Crippen molar-refractivity contribution < 1.29 is 0 Å². The minimum absolute atomic E-state index is 0.561. The van der Waals surface area contributed by atoms with Gasteiger partial charge in [0.05, 0.1) is 11.6 Å². The summed E-state index contributed by atoms with van der Waals surface area (Å²) in [5.74, 6) is 0. The highest BCUT2D eigenvalue weighted by molar-refractivity contribution is 6.30. The molecular weight excluding hydrogens is 330 g/mol. The fourth-order valence-electron chi connectivity index (χ4n) is 3.40. The molecule has 0 saturated carbocycles. The molecule has 1 fully saturated rings. The summed E-state index contributed by atoms with van der Waals surface area (Å²) in [5.41, 5.74) is 3.12. The first kappa shape index (κ1) is 17.9. The first-order valence-electron chi connectivity index (χ1n) is 8.84. The van der Waals surface area contributed by atoms with Gasteiger partial charge in [0.15, 0.2) is 0 Å². The maximum absolute atomic E-state index is 9.34. The van der Waals surface area contributed by atoms with Crippen LogP contribution in [0.2, 0.25) is 5.02 Å². The van der Waals surface area contributed by atoms with Crippen LogP contribution in [0.5, 0.6) is 0 Å². The second-order valence-electron chi connectivity index (χ2n) is 6.78. The first-order valence-corrected chi connectivity index (χ1v) is 9.22. The van der Waals surface area contributed by atoms with Gasteiger partial charge in [-0.25, -0.2) is 0 Å². The van der Waals surface area contributed by atoms with E-state index in [-0.39, 0.29) is 0 Å². The van der Waals surface area contributed by atoms with Crippen molar-refractivity contribution in [1.29, 1.82) is 5.26 Å². The summed E-state index contributed by atoms with van der Waals surface area (Å²) in [6.45, 7) is 7.25. The molecule has 25 heavy (non-hydrogen) atoms. The van der Waals surface area contributed by atoms with E-state index in [9.17, 15) is 5.26 Å². The largest absolute Gasteiger partial charge is 0.298 e. The van der Waals surface area contributed by atoms with Crippen LogP contribution in [0.15, 0.2) is 48.5 Å². The number of hydrogen-bond donors (Lipinski definition) is 0. The normalized spacial score (nSPS) is 19.3. The molecule has 0 spiro atoms. The average Bonchev–Trinajstić information content (AvgIpc) is 2.80. The third-order valence-corrected chi connectivity index (χ3v) is 5.24. The second kappa shape index (κ2) is 8.49. The van der Waals surface area contributed by atoms with Gasteiger partial charge in [-0.1, -0.05) is 48.0 Å². The van der Waals surface area contributed by atoms with E-state index >= 15 is 0 Å². The third-order valence-electron chi connectivity index (χ3n) is 5.00. The lowest BCUT2D eigenvalue weighted by Crippen LogP contribution is -2.34. The van der Waals surface area contributed by atoms with Gasteiger partial charge < -0.3 is 0 Å². The molecule has 2 aromatic rings. The highest BCUT2D eigenvalue weighted by atomic mass is 35.5. The van der Waals surface area contributed by atoms with Crippen LogP contribution in [-0.2, 0) is 13.1 Å². The molecule has 130 valence electrons. The monoisotopic (exact) mass is 353 g/mol. The number of nitrogens with zero attached hydrogens (tertiary/aromatic N) is 3. The van der Waals surface area contributed by atoms with Gasteiger partial charge in [-0.15, -0.1) is 0 Å². The van der Waals surface area contributed by atoms with Gasteiger partial charge in [-0.2, -0.15) is 5.26 Å². The molecule has 0 aliphatic carbocycles. The van der Waals surface area contributed by atoms with E-state index in [4.69, 9.17) is 11.6 Å². The Labute approximate surface area is 155 Å². The van der Waals surface area contributed by atoms with Gasteiger partial charge >= 0.3 is 0 Å². The standard InChI is InChI=1S/C21H24ClN3/c1-17-9-10-24(16-19-7-8-21(22)13-20(19)14-23)11-12-25(17)15-18-5-3-2-4-6-18/h2-8,13,17H,9-12,15-16H2,1H3. The average molecular weight is 354 g/mol. The van der Waals surface area contributed by atoms with E-state index in [1.54, 1.807) is 6.07 Å². The molecule has 2 aromatic carbocycles. The molecule has 1 unspecified atom stereocenters. The number of nitriles is 1. The SMILES string of the molecule is CC1CCN(Cc2ccc(Cl)cc2C#N)CCN1Cc1ccccc1. The molecular formula is C21H24ClN3. The highest BCUT2D eigenvalue weighted by Crippen LogP contribution is 2.20. The van der Waals surface area contributed by atoms with E-state index in [1.165, 1.54) is 5.56 Å². The van der Waals surface area contributed by atoms with E-state index in [2.05, 4.69) is 53.1 Å². The van der Waals surface area contributed by atoms with Crippen LogP contribution in [0.25, 0.3) is 0 Å². The number of benzene rings is 2. The zero-order valence-electron chi connectivity index (χ0n) is 14.7. The number of rotatable bonds is 4. The van der Waals surface area contributed by atoms with E-state index < -0.39 is 0 Å². The maximum Gasteiger partial charge on any atom is 0.0995 e. The van der Waals surface area contributed by atoms with Crippen LogP contribution in [0, 0.1) is 11.3 Å². The van der Waals surface area contributed by atoms with Crippen molar-refractivity contribution in [3.8, 4) is 6.07 Å². The summed E-state index contributed by atoms with van der Waals surface area (Å²) in [5, 5.41) is 9.96. The van der Waals surface area contributed by atoms with Crippen molar-refractivity contribution in [1.82, 2.24) is 9.80 Å². The van der Waals surface area contributed by atoms with Crippen molar-refractivity contribution in [2.45, 2.75) is 32.5 Å². The Balaban J connectivity index is 1.64. The quantitative estimate of drug-likeness (QED) is 0.820. The third kappa shape index (κ3) is 4.83. The van der Waals surface area contributed by atoms with Crippen molar-refractivity contribution in [2.75, 3.05) is 19.6 Å². The summed E-state index contributed by atoms with van der Waals surface area (Å²) in [6.07, 6.45) is 1.14. The maximum atomic E-state index is 9.34. The number of hydrogen-bond acceptors (Lipinski definition) is 3. The molecule has 1 aliphatic rings. The van der Waals surface area contributed by atoms with Gasteiger partial charge in [0.1, 0.15) is 0 Å². The van der Waals surface area contributed by atoms with Gasteiger partial charge in [0.25, 0.3) is 0 Å². The van der Waals surface area contributed by atoms with Crippen LogP contribution in [-0.4, -0.2) is 35.5 Å². The predicted molar refractivity (Wildman–Crippen MR) is 102 cm³/mol. The Morgan fingerprint density at radius 3 is 2.64 bits per heavy atom. The molecule has 0 amide bonds. The molecule has 3 nitrogen and oxygen atoms in total. The molecule has 3 rings (SSSR count). The molecule has 4 heteroatoms. The summed E-state index contributed by atoms with van der Waals surface area (Å²) in [7, 11) is 0. The predicted octanol–water partition coefficient (Wildman–Crippen LogP) is 4.31. The molecule has 0 radical (unpaired) electrons. The summed E-state index contributed by atoms with van der Waals surface area (Å²) < 4.78 is 0. The Morgan fingerprint density at radius 2 is 1.88 bits per heavy atom. The summed E-state index contributed by atoms with van der Waals surface area (Å²) in [4.78, 5) is 5.01. The van der Waals surface area contributed by atoms with Gasteiger partial charge in [0, 0.05) is 43.8 Å². The molecule has 1 heterocycles. The molecule has 0 N–H and O–H groups in total. The topological polar surface area (TPSA) is 30.3 Å². The van der Waals surface area contributed by atoms with E-state index in [0.717, 1.165) is 44.7 Å². The van der Waals surface area contributed by atoms with Crippen molar-refractivity contribution in [3.63, 3.8) is 0 Å². The summed E-state index contributed by atoms with van der Waals surface area (Å²) >= 11 is 6.01. The van der Waals surface area contributed by atoms with Crippen LogP contribution in [0.3, 0.4) is 0 Å². The smallest absolute Gasteiger partial charge is 0.0995 e. The second-order valence-corrected chi connectivity index (χ2v) is 7.22. The molecule has 1 aliphatic heterocycles. The minimum Gasteiger partial charge on any atom is -0.298 e. The Morgan fingerprint density at radius 1 is 1.08 bits per heavy atom. The summed E-state index contributed by atoms with van der Waals surface area (Å²) in [6, 6.07) is 19.1. The van der Waals surface area contributed by atoms with Crippen molar-refractivity contribution in [3.05, 3.63) is 70.2 Å². The van der Waals surface area contributed by atoms with Gasteiger partial charge in [-0.3, -0.25) is 9.80 Å². The van der Waals surface area contributed by atoms with Crippen LogP contribution in [0.1, 0.15) is 30.0 Å². The van der Waals surface area contributed by atoms with Crippen LogP contribution >= 0.6 is 11.6 Å². The fraction of sp³-hybridized carbons (Fsp3) is 0.381. The minimum atomic E-state index is 0.561. The zero-order chi connectivity index (χ0) is 17.6. The van der Waals surface area contributed by atoms with Gasteiger partial charge in [0.2, 0.25) is 0 Å². The molecule has 1 saturated heterocycles. The lowest BCUT2D eigenvalue weighted by atomic mass is 10.1. The number of halogens is 1. The molecule has 0 aromatic heterocycles. The lowest BCUT2D eigenvalue weighted by Gasteiger charge is -2.26. The Bertz CT molecular complexity index is 739. The highest BCUT2D eigenvalue weighted by Gasteiger charge is 2.21. The van der Waals surface area contributed by atoms with E-state index in [1.807, 2.05) is 12.1 Å². The lowest BCUT2D eigenvalue weighted by molar-refractivity contribution is 0.205. The fourth-order valence-corrected chi connectivity index (χ4v) is 3.57. The van der Waals surface area contributed by atoms with E-state index in [0.29, 0.717) is 16.6 Å². The van der Waals surface area contributed by atoms with Gasteiger partial charge in [-0.05, 0) is 36.6 Å². The first-order chi connectivity index (χ1) is 12.2. The molecule has 0 bridgehead atoms. The van der Waals surface area contributed by atoms with Crippen molar-refractivity contribution in [2.24, 2.45) is 0 Å². The Hall–Kier alpha value is -1.86. The van der Waals surface area contributed by atoms with Crippen LogP contribution < -0.4 is 0 Å². The van der Waals surface area contributed by atoms with Crippen molar-refractivity contribution >= 4 is 11.6 Å². The molecule has 1 atom stereocenters. The Kier molecular flexibility index (Phi) is 6.09. The zero-order valence-corrected chi connectivity index (χ0v) is 15.4.